The van der Waals surface area contributed by atoms with Crippen LogP contribution in [0, 0.1) is 0 Å². The third-order valence-corrected chi connectivity index (χ3v) is 3.86. The second-order valence-corrected chi connectivity index (χ2v) is 5.35. The first-order valence-corrected chi connectivity index (χ1v) is 7.62. The zero-order chi connectivity index (χ0) is 10.6. The van der Waals surface area contributed by atoms with Gasteiger partial charge in [-0.1, -0.05) is 0 Å². The predicted molar refractivity (Wildman–Crippen MR) is 67.0 cm³/mol. The lowest BCUT2D eigenvalue weighted by Crippen LogP contribution is -2.10. The Labute approximate surface area is 103 Å². The zero-order valence-corrected chi connectivity index (χ0v) is 11.0. The minimum Gasteiger partial charge on any atom is -0.464 e. The highest BCUT2D eigenvalue weighted by Crippen LogP contribution is 2.03. The summed E-state index contributed by atoms with van der Waals surface area (Å²) in [6.45, 7) is 0.474. The van der Waals surface area contributed by atoms with E-state index in [4.69, 9.17) is 27.9 Å². The third kappa shape index (κ3) is 10.8. The van der Waals surface area contributed by atoms with Crippen molar-refractivity contribution < 1.29 is 9.53 Å². The number of alkyl halides is 2. The van der Waals surface area contributed by atoms with E-state index >= 15 is 0 Å². The van der Waals surface area contributed by atoms with Crippen LogP contribution in [-0.4, -0.2) is 47.3 Å². The molecular weight excluding hydrogens is 263 g/mol. The summed E-state index contributed by atoms with van der Waals surface area (Å²) in [6, 6.07) is 0. The Hall–Kier alpha value is 0.750. The fourth-order valence-corrected chi connectivity index (χ4v) is 2.30. The molecule has 0 aromatic heterocycles. The topological polar surface area (TPSA) is 26.3 Å². The maximum absolute atomic E-state index is 11.0. The van der Waals surface area contributed by atoms with E-state index in [1.807, 2.05) is 0 Å². The van der Waals surface area contributed by atoms with E-state index in [0.29, 0.717) is 24.1 Å². The summed E-state index contributed by atoms with van der Waals surface area (Å²) in [5, 5.41) is 0. The maximum atomic E-state index is 11.0. The number of thioether (sulfide) groups is 2. The Morgan fingerprint density at radius 2 is 1.71 bits per heavy atom. The van der Waals surface area contributed by atoms with E-state index in [-0.39, 0.29) is 5.97 Å². The van der Waals surface area contributed by atoms with Crippen LogP contribution in [0.25, 0.3) is 0 Å². The molecule has 0 unspecified atom stereocenters. The lowest BCUT2D eigenvalue weighted by atomic mass is 10.7. The fourth-order valence-electron chi connectivity index (χ4n) is 0.623. The Kier molecular flexibility index (Phi) is 12.5. The van der Waals surface area contributed by atoms with Gasteiger partial charge in [-0.3, -0.25) is 4.79 Å². The largest absolute Gasteiger partial charge is 0.464 e. The van der Waals surface area contributed by atoms with E-state index in [1.165, 1.54) is 11.8 Å². The molecule has 0 bridgehead atoms. The molecule has 0 spiro atoms. The average molecular weight is 277 g/mol. The van der Waals surface area contributed by atoms with Crippen molar-refractivity contribution in [2.75, 3.05) is 41.4 Å². The van der Waals surface area contributed by atoms with E-state index in [1.54, 1.807) is 11.8 Å². The molecule has 2 nitrogen and oxygen atoms in total. The Morgan fingerprint density at radius 1 is 1.07 bits per heavy atom. The van der Waals surface area contributed by atoms with Gasteiger partial charge in [-0.15, -0.1) is 35.0 Å². The molecule has 14 heavy (non-hydrogen) atoms. The quantitative estimate of drug-likeness (QED) is 0.367. The van der Waals surface area contributed by atoms with Crippen molar-refractivity contribution in [2.45, 2.75) is 0 Å². The molecule has 0 radical (unpaired) electrons. The van der Waals surface area contributed by atoms with Gasteiger partial charge in [-0.05, 0) is 0 Å². The van der Waals surface area contributed by atoms with Crippen molar-refractivity contribution >= 4 is 52.7 Å². The van der Waals surface area contributed by atoms with Crippen molar-refractivity contribution in [2.24, 2.45) is 0 Å². The number of carbonyl (C=O) groups excluding carboxylic acids is 1. The molecule has 6 heteroatoms. The highest BCUT2D eigenvalue weighted by atomic mass is 35.5. The van der Waals surface area contributed by atoms with Gasteiger partial charge in [0.15, 0.2) is 0 Å². The molecule has 0 N–H and O–H groups in total. The van der Waals surface area contributed by atoms with Gasteiger partial charge in [-0.2, -0.15) is 11.8 Å². The van der Waals surface area contributed by atoms with E-state index in [0.717, 1.165) is 17.3 Å². The number of hydrogen-bond acceptors (Lipinski definition) is 4. The molecule has 0 rings (SSSR count). The summed E-state index contributed by atoms with van der Waals surface area (Å²) in [4.78, 5) is 11.0. The first kappa shape index (κ1) is 14.8. The third-order valence-electron chi connectivity index (χ3n) is 1.15. The van der Waals surface area contributed by atoms with E-state index in [9.17, 15) is 4.79 Å². The minimum absolute atomic E-state index is 0.161. The summed E-state index contributed by atoms with van der Waals surface area (Å²) in [7, 11) is 0. The van der Waals surface area contributed by atoms with Crippen LogP contribution in [0.15, 0.2) is 0 Å². The normalized spacial score (nSPS) is 10.1. The van der Waals surface area contributed by atoms with Gasteiger partial charge in [0.25, 0.3) is 0 Å². The number of halogens is 2. The molecule has 84 valence electrons. The molecule has 0 aromatic carbocycles. The summed E-state index contributed by atoms with van der Waals surface area (Å²) >= 11 is 14.1. The fraction of sp³-hybridized carbons (Fsp3) is 0.875. The van der Waals surface area contributed by atoms with Crippen LogP contribution >= 0.6 is 46.7 Å². The second kappa shape index (κ2) is 11.8. The summed E-state index contributed by atoms with van der Waals surface area (Å²) in [5.74, 6) is 3.96. The Balaban J connectivity index is 3.10. The molecule has 0 fully saturated rings. The van der Waals surface area contributed by atoms with Gasteiger partial charge < -0.3 is 4.74 Å². The van der Waals surface area contributed by atoms with Crippen LogP contribution in [0.1, 0.15) is 0 Å². The van der Waals surface area contributed by atoms with E-state index < -0.39 is 0 Å². The standard InChI is InChI=1S/C8H14Cl2O2S2/c9-1-4-13-6-3-12-8(11)7-14-5-2-10/h1-7H2. The van der Waals surface area contributed by atoms with Crippen LogP contribution in [0.2, 0.25) is 0 Å². The zero-order valence-electron chi connectivity index (χ0n) is 7.84. The highest BCUT2D eigenvalue weighted by molar-refractivity contribution is 8.00. The van der Waals surface area contributed by atoms with Gasteiger partial charge in [0, 0.05) is 29.0 Å². The number of ether oxygens (including phenoxy) is 1. The Bertz CT molecular complexity index is 147. The van der Waals surface area contributed by atoms with Crippen LogP contribution in [-0.2, 0) is 9.53 Å². The van der Waals surface area contributed by atoms with Crippen molar-refractivity contribution in [3.8, 4) is 0 Å². The van der Waals surface area contributed by atoms with E-state index in [2.05, 4.69) is 0 Å². The predicted octanol–water partition coefficient (Wildman–Crippen LogP) is 2.47. The average Bonchev–Trinajstić information content (AvgIpc) is 2.18. The molecule has 0 aliphatic carbocycles. The smallest absolute Gasteiger partial charge is 0.315 e. The molecule has 0 aliphatic rings. The lowest BCUT2D eigenvalue weighted by molar-refractivity contribution is -0.139. The highest BCUT2D eigenvalue weighted by Gasteiger charge is 2.01. The van der Waals surface area contributed by atoms with Crippen LogP contribution < -0.4 is 0 Å². The molecule has 0 saturated heterocycles. The van der Waals surface area contributed by atoms with Gasteiger partial charge in [-0.25, -0.2) is 0 Å². The number of hydrogen-bond donors (Lipinski definition) is 0. The van der Waals surface area contributed by atoms with Crippen molar-refractivity contribution in [3.63, 3.8) is 0 Å². The Morgan fingerprint density at radius 3 is 2.36 bits per heavy atom. The summed E-state index contributed by atoms with van der Waals surface area (Å²) in [6.07, 6.45) is 0. The minimum atomic E-state index is -0.161. The molecule has 0 amide bonds. The van der Waals surface area contributed by atoms with Gasteiger partial charge in [0.2, 0.25) is 0 Å². The monoisotopic (exact) mass is 276 g/mol. The molecule has 0 heterocycles. The molecule has 0 aliphatic heterocycles. The maximum Gasteiger partial charge on any atom is 0.315 e. The van der Waals surface area contributed by atoms with Gasteiger partial charge >= 0.3 is 5.97 Å². The molecule has 0 atom stereocenters. The van der Waals surface area contributed by atoms with Crippen molar-refractivity contribution in [1.29, 1.82) is 0 Å². The van der Waals surface area contributed by atoms with Crippen molar-refractivity contribution in [1.82, 2.24) is 0 Å². The molecular formula is C8H14Cl2O2S2. The molecule has 0 aromatic rings. The van der Waals surface area contributed by atoms with Crippen LogP contribution in [0.3, 0.4) is 0 Å². The lowest BCUT2D eigenvalue weighted by Gasteiger charge is -2.03. The second-order valence-electron chi connectivity index (χ2n) is 2.26. The first-order chi connectivity index (χ1) is 6.81. The summed E-state index contributed by atoms with van der Waals surface area (Å²) < 4.78 is 4.97. The number of esters is 1. The van der Waals surface area contributed by atoms with Crippen molar-refractivity contribution in [3.05, 3.63) is 0 Å². The molecule has 0 saturated carbocycles. The summed E-state index contributed by atoms with van der Waals surface area (Å²) in [5.41, 5.74) is 0. The van der Waals surface area contributed by atoms with Crippen LogP contribution in [0.4, 0.5) is 0 Å². The number of rotatable bonds is 9. The van der Waals surface area contributed by atoms with Gasteiger partial charge in [0.1, 0.15) is 6.61 Å². The number of carbonyl (C=O) groups is 1. The first-order valence-electron chi connectivity index (χ1n) is 4.24. The SMILES string of the molecule is O=C(CSCCCl)OCCSCCCl. The van der Waals surface area contributed by atoms with Gasteiger partial charge in [0.05, 0.1) is 5.75 Å². The van der Waals surface area contributed by atoms with Crippen LogP contribution in [0.5, 0.6) is 0 Å².